The number of carbonyl (C=O) groups is 1. The van der Waals surface area contributed by atoms with Crippen LogP contribution in [-0.4, -0.2) is 13.8 Å². The number of hydrogen-bond donors (Lipinski definition) is 1. The van der Waals surface area contributed by atoms with Crippen LogP contribution in [0.4, 0.5) is 0 Å². The lowest BCUT2D eigenvalue weighted by atomic mass is 9.94. The summed E-state index contributed by atoms with van der Waals surface area (Å²) in [7, 11) is 5.69. The van der Waals surface area contributed by atoms with Gasteiger partial charge in [-0.1, -0.05) is 53.5 Å². The lowest BCUT2D eigenvalue weighted by molar-refractivity contribution is 0.0940. The van der Waals surface area contributed by atoms with E-state index in [0.29, 0.717) is 16.0 Å². The molecule has 2 aromatic rings. The van der Waals surface area contributed by atoms with Gasteiger partial charge in [0.2, 0.25) is 0 Å². The smallest absolute Gasteiger partial charge is 0.251 e. The van der Waals surface area contributed by atoms with E-state index in [0.717, 1.165) is 5.56 Å². The first-order valence-corrected chi connectivity index (χ1v) is 6.36. The summed E-state index contributed by atoms with van der Waals surface area (Å²) < 4.78 is 0. The molecule has 0 saturated carbocycles. The number of amides is 1. The Labute approximate surface area is 119 Å². The molecule has 0 aliphatic heterocycles. The first-order chi connectivity index (χ1) is 9.08. The van der Waals surface area contributed by atoms with Gasteiger partial charge in [0.25, 0.3) is 5.91 Å². The van der Waals surface area contributed by atoms with E-state index in [2.05, 4.69) is 5.32 Å². The van der Waals surface area contributed by atoms with Crippen molar-refractivity contribution in [3.63, 3.8) is 0 Å². The van der Waals surface area contributed by atoms with Gasteiger partial charge in [-0.2, -0.15) is 0 Å². The average Bonchev–Trinajstić information content (AvgIpc) is 2.42. The zero-order chi connectivity index (χ0) is 13.8. The van der Waals surface area contributed by atoms with Crippen molar-refractivity contribution < 1.29 is 4.79 Å². The van der Waals surface area contributed by atoms with Crippen molar-refractivity contribution in [3.8, 4) is 0 Å². The van der Waals surface area contributed by atoms with E-state index >= 15 is 0 Å². The Morgan fingerprint density at radius 1 is 1.21 bits per heavy atom. The zero-order valence-electron chi connectivity index (χ0n) is 10.6. The highest BCUT2D eigenvalue weighted by Crippen LogP contribution is 2.13. The van der Waals surface area contributed by atoms with E-state index in [-0.39, 0.29) is 11.9 Å². The molecule has 2 aromatic carbocycles. The molecule has 0 bridgehead atoms. The van der Waals surface area contributed by atoms with Gasteiger partial charge in [0, 0.05) is 10.6 Å². The summed E-state index contributed by atoms with van der Waals surface area (Å²) in [4.78, 5) is 12.1. The van der Waals surface area contributed by atoms with E-state index in [1.54, 1.807) is 18.2 Å². The molecule has 2 radical (unpaired) electrons. The van der Waals surface area contributed by atoms with E-state index < -0.39 is 0 Å². The van der Waals surface area contributed by atoms with Gasteiger partial charge in [0.1, 0.15) is 7.85 Å². The highest BCUT2D eigenvalue weighted by atomic mass is 35.5. The predicted octanol–water partition coefficient (Wildman–Crippen LogP) is 2.62. The molecule has 94 valence electrons. The third-order valence-electron chi connectivity index (χ3n) is 2.91. The van der Waals surface area contributed by atoms with E-state index in [9.17, 15) is 4.79 Å². The Balaban J connectivity index is 2.11. The molecule has 19 heavy (non-hydrogen) atoms. The summed E-state index contributed by atoms with van der Waals surface area (Å²) in [6.45, 7) is 1.94. The monoisotopic (exact) mass is 269 g/mol. The highest BCUT2D eigenvalue weighted by Gasteiger charge is 2.11. The summed E-state index contributed by atoms with van der Waals surface area (Å²) in [5.74, 6) is -0.167. The molecule has 0 spiro atoms. The number of rotatable bonds is 3. The Kier molecular flexibility index (Phi) is 4.28. The summed E-state index contributed by atoms with van der Waals surface area (Å²) in [5.41, 5.74) is 1.96. The molecule has 0 saturated heterocycles. The number of halogens is 1. The number of hydrogen-bond acceptors (Lipinski definition) is 1. The van der Waals surface area contributed by atoms with Crippen molar-refractivity contribution in [2.75, 3.05) is 0 Å². The minimum absolute atomic E-state index is 0.0643. The van der Waals surface area contributed by atoms with Crippen molar-refractivity contribution >= 4 is 30.8 Å². The third kappa shape index (κ3) is 3.39. The molecular weight excluding hydrogens is 256 g/mol. The van der Waals surface area contributed by atoms with E-state index in [1.165, 1.54) is 0 Å². The van der Waals surface area contributed by atoms with Crippen molar-refractivity contribution in [2.24, 2.45) is 0 Å². The van der Waals surface area contributed by atoms with E-state index in [1.807, 2.05) is 37.3 Å². The van der Waals surface area contributed by atoms with Gasteiger partial charge in [0.05, 0.1) is 6.04 Å². The molecule has 4 heteroatoms. The number of nitrogens with one attached hydrogen (secondary N) is 1. The second-order valence-electron chi connectivity index (χ2n) is 4.34. The molecular formula is C15H13BClNO. The van der Waals surface area contributed by atoms with Gasteiger partial charge in [-0.15, -0.1) is 0 Å². The fourth-order valence-electron chi connectivity index (χ4n) is 1.79. The zero-order valence-corrected chi connectivity index (χ0v) is 11.3. The maximum atomic E-state index is 12.1. The average molecular weight is 270 g/mol. The van der Waals surface area contributed by atoms with Crippen molar-refractivity contribution in [3.05, 3.63) is 64.7 Å². The molecule has 1 N–H and O–H groups in total. The molecule has 1 atom stereocenters. The van der Waals surface area contributed by atoms with Crippen LogP contribution in [0.1, 0.15) is 28.9 Å². The predicted molar refractivity (Wildman–Crippen MR) is 79.2 cm³/mol. The fourth-order valence-corrected chi connectivity index (χ4v) is 1.91. The second kappa shape index (κ2) is 5.94. The molecule has 0 aromatic heterocycles. The number of carbonyl (C=O) groups excluding carboxylic acids is 1. The second-order valence-corrected chi connectivity index (χ2v) is 4.75. The topological polar surface area (TPSA) is 29.1 Å². The highest BCUT2D eigenvalue weighted by molar-refractivity contribution is 6.45. The first-order valence-electron chi connectivity index (χ1n) is 5.99. The minimum Gasteiger partial charge on any atom is -0.346 e. The van der Waals surface area contributed by atoms with Gasteiger partial charge < -0.3 is 5.32 Å². The lowest BCUT2D eigenvalue weighted by Crippen LogP contribution is -2.27. The summed E-state index contributed by atoms with van der Waals surface area (Å²) in [6, 6.07) is 14.6. The lowest BCUT2D eigenvalue weighted by Gasteiger charge is -2.14. The molecule has 0 aliphatic rings. The Morgan fingerprint density at radius 3 is 2.53 bits per heavy atom. The van der Waals surface area contributed by atoms with Gasteiger partial charge in [-0.05, 0) is 24.6 Å². The van der Waals surface area contributed by atoms with Gasteiger partial charge in [0.15, 0.2) is 0 Å². The van der Waals surface area contributed by atoms with Crippen LogP contribution in [0.5, 0.6) is 0 Å². The van der Waals surface area contributed by atoms with Gasteiger partial charge in [-0.25, -0.2) is 0 Å². The Hall–Kier alpha value is -1.74. The van der Waals surface area contributed by atoms with Crippen LogP contribution in [-0.2, 0) is 0 Å². The standard InChI is InChI=1S/C15H13BClNO/c1-10(11-5-3-2-4-6-11)18-15(19)12-7-8-14(17)13(16)9-12/h2-10H,1H3,(H,18,19)/t10-/m1/s1. The Bertz CT molecular complexity index is 586. The molecule has 0 heterocycles. The van der Waals surface area contributed by atoms with Crippen LogP contribution in [0.3, 0.4) is 0 Å². The Morgan fingerprint density at radius 2 is 1.89 bits per heavy atom. The number of benzene rings is 2. The van der Waals surface area contributed by atoms with Crippen molar-refractivity contribution in [1.82, 2.24) is 5.32 Å². The maximum Gasteiger partial charge on any atom is 0.251 e. The fraction of sp³-hybridized carbons (Fsp3) is 0.133. The summed E-state index contributed by atoms with van der Waals surface area (Å²) >= 11 is 5.83. The molecule has 0 aliphatic carbocycles. The minimum atomic E-state index is -0.167. The third-order valence-corrected chi connectivity index (χ3v) is 3.25. The summed E-state index contributed by atoms with van der Waals surface area (Å²) in [5, 5.41) is 3.37. The van der Waals surface area contributed by atoms with Crippen LogP contribution in [0.25, 0.3) is 0 Å². The quantitative estimate of drug-likeness (QED) is 0.853. The van der Waals surface area contributed by atoms with Gasteiger partial charge in [-0.3, -0.25) is 4.79 Å². The van der Waals surface area contributed by atoms with Crippen molar-refractivity contribution in [2.45, 2.75) is 13.0 Å². The summed E-state index contributed by atoms with van der Waals surface area (Å²) in [6.07, 6.45) is 0. The van der Waals surface area contributed by atoms with Crippen LogP contribution in [0.2, 0.25) is 5.02 Å². The van der Waals surface area contributed by atoms with Crippen LogP contribution in [0.15, 0.2) is 48.5 Å². The molecule has 2 nitrogen and oxygen atoms in total. The SMILES string of the molecule is [B]c1cc(C(=O)N[C@H](C)c2ccccc2)ccc1Cl. The maximum absolute atomic E-state index is 12.1. The largest absolute Gasteiger partial charge is 0.346 e. The molecule has 0 fully saturated rings. The van der Waals surface area contributed by atoms with Crippen LogP contribution >= 0.6 is 11.6 Å². The van der Waals surface area contributed by atoms with Crippen LogP contribution in [0, 0.1) is 0 Å². The van der Waals surface area contributed by atoms with Gasteiger partial charge >= 0.3 is 0 Å². The molecule has 0 unspecified atom stereocenters. The molecule has 2 rings (SSSR count). The molecule has 1 amide bonds. The van der Waals surface area contributed by atoms with Crippen LogP contribution < -0.4 is 10.8 Å². The first kappa shape index (κ1) is 13.7. The normalized spacial score (nSPS) is 11.9. The van der Waals surface area contributed by atoms with Crippen molar-refractivity contribution in [1.29, 1.82) is 0 Å². The van der Waals surface area contributed by atoms with E-state index in [4.69, 9.17) is 19.4 Å².